The lowest BCUT2D eigenvalue weighted by molar-refractivity contribution is -0.126. The Bertz CT molecular complexity index is 1160. The zero-order valence-corrected chi connectivity index (χ0v) is 21.7. The molecule has 0 aliphatic heterocycles. The molecule has 1 aromatic heterocycles. The van der Waals surface area contributed by atoms with E-state index in [1.807, 2.05) is 41.8 Å². The number of nitrogens with zero attached hydrogens (tertiary/aromatic N) is 1. The molecule has 4 rings (SSSR count). The third-order valence-corrected chi connectivity index (χ3v) is 7.40. The van der Waals surface area contributed by atoms with Crippen LogP contribution < -0.4 is 19.5 Å². The van der Waals surface area contributed by atoms with Crippen molar-refractivity contribution in [2.45, 2.75) is 44.3 Å². The first-order chi connectivity index (χ1) is 17.5. The van der Waals surface area contributed by atoms with E-state index in [4.69, 9.17) is 14.2 Å². The van der Waals surface area contributed by atoms with Crippen LogP contribution in [-0.4, -0.2) is 44.1 Å². The van der Waals surface area contributed by atoms with Crippen LogP contribution in [0.5, 0.6) is 17.2 Å². The van der Waals surface area contributed by atoms with Crippen molar-refractivity contribution in [3.63, 3.8) is 0 Å². The fourth-order valence-corrected chi connectivity index (χ4v) is 5.40. The predicted octanol–water partition coefficient (Wildman–Crippen LogP) is 5.22. The maximum absolute atomic E-state index is 14.0. The number of methoxy groups -OCH3 is 3. The molecule has 190 valence electrons. The van der Waals surface area contributed by atoms with Gasteiger partial charge in [0, 0.05) is 23.0 Å². The quantitative estimate of drug-likeness (QED) is 0.407. The number of thiophene rings is 1. The minimum absolute atomic E-state index is 0.138. The number of hydrogen-bond donors (Lipinski definition) is 1. The predicted molar refractivity (Wildman–Crippen MR) is 140 cm³/mol. The molecule has 0 spiro atoms. The van der Waals surface area contributed by atoms with Crippen molar-refractivity contribution in [1.82, 2.24) is 10.2 Å². The monoisotopic (exact) mass is 508 g/mol. The molecule has 3 aromatic rings. The molecule has 1 fully saturated rings. The lowest BCUT2D eigenvalue weighted by Crippen LogP contribution is -2.45. The molecule has 0 saturated heterocycles. The van der Waals surface area contributed by atoms with Gasteiger partial charge in [-0.2, -0.15) is 0 Å². The van der Waals surface area contributed by atoms with Crippen LogP contribution >= 0.6 is 11.3 Å². The molecule has 36 heavy (non-hydrogen) atoms. The van der Waals surface area contributed by atoms with Gasteiger partial charge in [0.25, 0.3) is 5.91 Å². The summed E-state index contributed by atoms with van der Waals surface area (Å²) in [5.74, 6) is 1.28. The second-order valence-corrected chi connectivity index (χ2v) is 9.74. The highest BCUT2D eigenvalue weighted by Gasteiger charge is 2.34. The van der Waals surface area contributed by atoms with Crippen LogP contribution in [-0.2, 0) is 11.3 Å². The fourth-order valence-electron chi connectivity index (χ4n) is 4.56. The van der Waals surface area contributed by atoms with Gasteiger partial charge in [0.1, 0.15) is 11.8 Å². The SMILES string of the molecule is COc1ccc(CN(C(=O)c2ccc(OC)c(OC)c2)C(C(=O)NC2CCCC2)c2cccs2)cc1. The Morgan fingerprint density at radius 1 is 0.972 bits per heavy atom. The zero-order chi connectivity index (χ0) is 25.5. The summed E-state index contributed by atoms with van der Waals surface area (Å²) in [6, 6.07) is 15.8. The summed E-state index contributed by atoms with van der Waals surface area (Å²) in [5.41, 5.74) is 1.30. The van der Waals surface area contributed by atoms with Crippen molar-refractivity contribution in [3.05, 3.63) is 76.0 Å². The Labute approximate surface area is 216 Å². The Morgan fingerprint density at radius 2 is 1.69 bits per heavy atom. The summed E-state index contributed by atoms with van der Waals surface area (Å²) in [7, 11) is 4.70. The highest BCUT2D eigenvalue weighted by atomic mass is 32.1. The molecule has 0 bridgehead atoms. The molecular weight excluding hydrogens is 476 g/mol. The van der Waals surface area contributed by atoms with Crippen LogP contribution in [0.25, 0.3) is 0 Å². The molecule has 1 saturated carbocycles. The number of benzene rings is 2. The van der Waals surface area contributed by atoms with E-state index in [9.17, 15) is 9.59 Å². The maximum Gasteiger partial charge on any atom is 0.255 e. The normalized spacial score (nSPS) is 14.2. The van der Waals surface area contributed by atoms with E-state index >= 15 is 0 Å². The van der Waals surface area contributed by atoms with E-state index in [1.165, 1.54) is 18.4 Å². The van der Waals surface area contributed by atoms with Crippen LogP contribution in [0, 0.1) is 0 Å². The molecular formula is C28H32N2O5S. The van der Waals surface area contributed by atoms with Gasteiger partial charge in [-0.25, -0.2) is 0 Å². The van der Waals surface area contributed by atoms with Gasteiger partial charge >= 0.3 is 0 Å². The molecule has 2 aromatic carbocycles. The largest absolute Gasteiger partial charge is 0.497 e. The smallest absolute Gasteiger partial charge is 0.255 e. The van der Waals surface area contributed by atoms with Crippen LogP contribution in [0.3, 0.4) is 0 Å². The van der Waals surface area contributed by atoms with Gasteiger partial charge in [0.15, 0.2) is 11.5 Å². The lowest BCUT2D eigenvalue weighted by atomic mass is 10.1. The van der Waals surface area contributed by atoms with E-state index in [0.717, 1.165) is 41.9 Å². The van der Waals surface area contributed by atoms with Crippen molar-refractivity contribution >= 4 is 23.2 Å². The molecule has 7 nitrogen and oxygen atoms in total. The second kappa shape index (κ2) is 11.9. The van der Waals surface area contributed by atoms with Crippen LogP contribution in [0.4, 0.5) is 0 Å². The molecule has 0 radical (unpaired) electrons. The van der Waals surface area contributed by atoms with Gasteiger partial charge in [-0.15, -0.1) is 11.3 Å². The Hall–Kier alpha value is -3.52. The summed E-state index contributed by atoms with van der Waals surface area (Å²) in [6.07, 6.45) is 4.14. The highest BCUT2D eigenvalue weighted by Crippen LogP contribution is 2.33. The summed E-state index contributed by atoms with van der Waals surface area (Å²) in [6.45, 7) is 0.248. The van der Waals surface area contributed by atoms with Gasteiger partial charge in [0.05, 0.1) is 21.3 Å². The van der Waals surface area contributed by atoms with Crippen molar-refractivity contribution in [1.29, 1.82) is 0 Å². The Morgan fingerprint density at radius 3 is 2.31 bits per heavy atom. The second-order valence-electron chi connectivity index (χ2n) is 8.76. The van der Waals surface area contributed by atoms with Crippen molar-refractivity contribution < 1.29 is 23.8 Å². The number of nitrogens with one attached hydrogen (secondary N) is 1. The highest BCUT2D eigenvalue weighted by molar-refractivity contribution is 7.10. The van der Waals surface area contributed by atoms with E-state index in [-0.39, 0.29) is 24.4 Å². The van der Waals surface area contributed by atoms with Gasteiger partial charge in [0.2, 0.25) is 5.91 Å². The standard InChI is InChI=1S/C28H32N2O5S/c1-33-22-13-10-19(11-14-22)18-30(28(32)20-12-15-23(34-2)24(17-20)35-3)26(25-9-6-16-36-25)27(31)29-21-7-4-5-8-21/h6,9-17,21,26H,4-5,7-8,18H2,1-3H3,(H,29,31). The van der Waals surface area contributed by atoms with E-state index in [1.54, 1.807) is 37.3 Å². The molecule has 1 atom stereocenters. The number of ether oxygens (including phenoxy) is 3. The number of hydrogen-bond acceptors (Lipinski definition) is 6. The summed E-state index contributed by atoms with van der Waals surface area (Å²) < 4.78 is 16.1. The maximum atomic E-state index is 14.0. The molecule has 2 amide bonds. The van der Waals surface area contributed by atoms with Crippen LogP contribution in [0.15, 0.2) is 60.0 Å². The number of carbonyl (C=O) groups excluding carboxylic acids is 2. The minimum Gasteiger partial charge on any atom is -0.497 e. The zero-order valence-electron chi connectivity index (χ0n) is 20.9. The lowest BCUT2D eigenvalue weighted by Gasteiger charge is -2.32. The molecule has 1 aliphatic rings. The molecule has 1 unspecified atom stereocenters. The van der Waals surface area contributed by atoms with Gasteiger partial charge < -0.3 is 24.4 Å². The first kappa shape index (κ1) is 25.6. The van der Waals surface area contributed by atoms with Crippen LogP contribution in [0.1, 0.15) is 52.5 Å². The number of amides is 2. The average Bonchev–Trinajstić information content (AvgIpc) is 3.63. The average molecular weight is 509 g/mol. The van der Waals surface area contributed by atoms with Gasteiger partial charge in [-0.1, -0.05) is 31.0 Å². The summed E-state index contributed by atoms with van der Waals surface area (Å²) >= 11 is 1.47. The van der Waals surface area contributed by atoms with Crippen molar-refractivity contribution in [2.75, 3.05) is 21.3 Å². The van der Waals surface area contributed by atoms with Crippen LogP contribution in [0.2, 0.25) is 0 Å². The summed E-state index contributed by atoms with van der Waals surface area (Å²) in [5, 5.41) is 5.14. The Balaban J connectivity index is 1.73. The number of rotatable bonds is 10. The Kier molecular flexibility index (Phi) is 8.48. The topological polar surface area (TPSA) is 77.1 Å². The van der Waals surface area contributed by atoms with E-state index in [2.05, 4.69) is 5.32 Å². The fraction of sp³-hybridized carbons (Fsp3) is 0.357. The van der Waals surface area contributed by atoms with Crippen molar-refractivity contribution in [2.24, 2.45) is 0 Å². The third kappa shape index (κ3) is 5.82. The first-order valence-corrected chi connectivity index (χ1v) is 12.9. The number of carbonyl (C=O) groups is 2. The summed E-state index contributed by atoms with van der Waals surface area (Å²) in [4.78, 5) is 30.2. The molecule has 8 heteroatoms. The first-order valence-electron chi connectivity index (χ1n) is 12.0. The van der Waals surface area contributed by atoms with E-state index < -0.39 is 6.04 Å². The van der Waals surface area contributed by atoms with Gasteiger partial charge in [-0.05, 0) is 60.2 Å². The van der Waals surface area contributed by atoms with Crippen molar-refractivity contribution in [3.8, 4) is 17.2 Å². The molecule has 1 heterocycles. The van der Waals surface area contributed by atoms with Gasteiger partial charge in [-0.3, -0.25) is 9.59 Å². The third-order valence-electron chi connectivity index (χ3n) is 6.48. The molecule has 1 N–H and O–H groups in total. The van der Waals surface area contributed by atoms with E-state index in [0.29, 0.717) is 17.1 Å². The molecule has 1 aliphatic carbocycles. The minimum atomic E-state index is -0.770.